The highest BCUT2D eigenvalue weighted by atomic mass is 16.5. The third-order valence-corrected chi connectivity index (χ3v) is 8.07. The van der Waals surface area contributed by atoms with Gasteiger partial charge in [0.2, 0.25) is 11.8 Å². The average Bonchev–Trinajstić information content (AvgIpc) is 3.62. The number of fused-ring (bicyclic) bond motifs is 7. The van der Waals surface area contributed by atoms with Crippen molar-refractivity contribution in [1.29, 1.82) is 0 Å². The number of guanidine groups is 1. The second-order valence-electron chi connectivity index (χ2n) is 12.0. The standard InChI is InChI=1S/C31H40N8O2/c1-19-13-23-14-26(34-19)25-16-32-38(5)30(25)41-12-6-7-22(21-8-9-21)18-39-28-11-10-24(33-20(2)17-37(3)4)15-27(28)35-31(39)36-29(23)40/h10-11,13-16,20-22,33H,6-9,12,17-18H2,1-5H3,(H,35,36,40)/t20-,22-/m1/s1. The third-order valence-electron chi connectivity index (χ3n) is 8.07. The first-order valence-corrected chi connectivity index (χ1v) is 14.6. The molecule has 0 radical (unpaired) electrons. The fourth-order valence-corrected chi connectivity index (χ4v) is 6.07. The Morgan fingerprint density at radius 1 is 1.17 bits per heavy atom. The SMILES string of the molecule is Cc1cc2cc(n1)-c1cnn(C)c1OCCC[C@@H](C1CC1)CN1/C(=N/C2=O)Nc2cc(N[C@H](C)CN(C)C)ccc21. The van der Waals surface area contributed by atoms with Crippen LogP contribution in [0.25, 0.3) is 11.3 Å². The maximum absolute atomic E-state index is 13.7. The molecule has 2 aliphatic heterocycles. The summed E-state index contributed by atoms with van der Waals surface area (Å²) in [6.07, 6.45) is 6.23. The smallest absolute Gasteiger partial charge is 0.280 e. The molecule has 0 spiro atoms. The van der Waals surface area contributed by atoms with Gasteiger partial charge in [-0.05, 0) is 95.8 Å². The van der Waals surface area contributed by atoms with Crippen molar-refractivity contribution < 1.29 is 9.53 Å². The van der Waals surface area contributed by atoms with Crippen molar-refractivity contribution in [2.75, 3.05) is 49.3 Å². The van der Waals surface area contributed by atoms with Crippen LogP contribution in [0, 0.1) is 18.8 Å². The molecule has 1 aromatic carbocycles. The van der Waals surface area contributed by atoms with Gasteiger partial charge in [0.1, 0.15) is 0 Å². The van der Waals surface area contributed by atoms with E-state index in [0.717, 1.165) is 54.3 Å². The number of amides is 1. The summed E-state index contributed by atoms with van der Waals surface area (Å²) in [6.45, 7) is 6.40. The van der Waals surface area contributed by atoms with Gasteiger partial charge in [-0.15, -0.1) is 0 Å². The van der Waals surface area contributed by atoms with E-state index in [0.29, 0.717) is 47.6 Å². The van der Waals surface area contributed by atoms with Crippen LogP contribution in [0.5, 0.6) is 5.88 Å². The fraction of sp³-hybridized carbons (Fsp3) is 0.484. The number of nitrogens with one attached hydrogen (secondary N) is 2. The lowest BCUT2D eigenvalue weighted by Crippen LogP contribution is -2.36. The van der Waals surface area contributed by atoms with Gasteiger partial charge < -0.3 is 25.2 Å². The van der Waals surface area contributed by atoms with Gasteiger partial charge in [-0.2, -0.15) is 10.1 Å². The first-order chi connectivity index (χ1) is 19.7. The fourth-order valence-electron chi connectivity index (χ4n) is 6.07. The van der Waals surface area contributed by atoms with E-state index in [1.807, 2.05) is 14.0 Å². The summed E-state index contributed by atoms with van der Waals surface area (Å²) in [5, 5.41) is 11.5. The van der Waals surface area contributed by atoms with Crippen LogP contribution in [-0.4, -0.2) is 71.4 Å². The number of benzene rings is 1. The molecule has 3 aliphatic rings. The lowest BCUT2D eigenvalue weighted by Gasteiger charge is -2.26. The van der Waals surface area contributed by atoms with E-state index in [4.69, 9.17) is 9.72 Å². The average molecular weight is 557 g/mol. The Morgan fingerprint density at radius 3 is 2.78 bits per heavy atom. The van der Waals surface area contributed by atoms with E-state index in [1.165, 1.54) is 12.8 Å². The van der Waals surface area contributed by atoms with E-state index < -0.39 is 0 Å². The number of nitrogens with zero attached hydrogens (tertiary/aromatic N) is 6. The summed E-state index contributed by atoms with van der Waals surface area (Å²) in [5.41, 5.74) is 5.72. The molecule has 6 rings (SSSR count). The Hall–Kier alpha value is -3.92. The number of anilines is 3. The molecule has 2 N–H and O–H groups in total. The molecule has 2 aromatic heterocycles. The highest BCUT2D eigenvalue weighted by Crippen LogP contribution is 2.43. The number of rotatable bonds is 5. The number of aryl methyl sites for hydroxylation is 2. The Morgan fingerprint density at radius 2 is 2.00 bits per heavy atom. The monoisotopic (exact) mass is 556 g/mol. The number of carbonyl (C=O) groups excluding carboxylic acids is 1. The summed E-state index contributed by atoms with van der Waals surface area (Å²) in [5.74, 6) is 2.11. The van der Waals surface area contributed by atoms with Crippen LogP contribution in [0.2, 0.25) is 0 Å². The minimum Gasteiger partial charge on any atom is -0.477 e. The second kappa shape index (κ2) is 11.2. The van der Waals surface area contributed by atoms with Gasteiger partial charge in [-0.25, -0.2) is 4.68 Å². The summed E-state index contributed by atoms with van der Waals surface area (Å²) in [7, 11) is 6.03. The number of pyridine rings is 1. The predicted molar refractivity (Wildman–Crippen MR) is 163 cm³/mol. The van der Waals surface area contributed by atoms with Crippen molar-refractivity contribution in [2.24, 2.45) is 23.9 Å². The largest absolute Gasteiger partial charge is 0.477 e. The number of hydrogen-bond donors (Lipinski definition) is 2. The quantitative estimate of drug-likeness (QED) is 0.463. The van der Waals surface area contributed by atoms with Gasteiger partial charge in [0.15, 0.2) is 0 Å². The number of carbonyl (C=O) groups is 1. The molecule has 10 nitrogen and oxygen atoms in total. The Bertz CT molecular complexity index is 1470. The number of likely N-dealkylation sites (N-methyl/N-ethyl adjacent to an activating group) is 1. The normalized spacial score (nSPS) is 20.9. The molecule has 2 bridgehead atoms. The molecule has 2 atom stereocenters. The Balaban J connectivity index is 1.37. The minimum atomic E-state index is -0.306. The second-order valence-corrected chi connectivity index (χ2v) is 12.0. The van der Waals surface area contributed by atoms with E-state index in [2.05, 4.69) is 69.7 Å². The minimum absolute atomic E-state index is 0.291. The molecule has 1 amide bonds. The van der Waals surface area contributed by atoms with E-state index in [9.17, 15) is 4.79 Å². The lowest BCUT2D eigenvalue weighted by atomic mass is 9.97. The molecule has 3 aromatic rings. The van der Waals surface area contributed by atoms with Crippen LogP contribution in [0.15, 0.2) is 41.5 Å². The van der Waals surface area contributed by atoms with Crippen molar-refractivity contribution in [1.82, 2.24) is 19.7 Å². The Kier molecular flexibility index (Phi) is 7.42. The van der Waals surface area contributed by atoms with E-state index in [1.54, 1.807) is 23.0 Å². The van der Waals surface area contributed by atoms with Crippen LogP contribution >= 0.6 is 0 Å². The molecular formula is C31H40N8O2. The molecule has 1 saturated carbocycles. The summed E-state index contributed by atoms with van der Waals surface area (Å²) < 4.78 is 8.00. The first kappa shape index (κ1) is 27.3. The molecule has 216 valence electrons. The zero-order chi connectivity index (χ0) is 28.7. The Labute approximate surface area is 241 Å². The van der Waals surface area contributed by atoms with Crippen molar-refractivity contribution in [3.8, 4) is 17.1 Å². The van der Waals surface area contributed by atoms with Gasteiger partial charge >= 0.3 is 0 Å². The van der Waals surface area contributed by atoms with Crippen LogP contribution in [0.3, 0.4) is 0 Å². The zero-order valence-electron chi connectivity index (χ0n) is 24.6. The molecular weight excluding hydrogens is 516 g/mol. The topological polar surface area (TPSA) is 99.9 Å². The maximum Gasteiger partial charge on any atom is 0.280 e. The van der Waals surface area contributed by atoms with Crippen LogP contribution < -0.4 is 20.3 Å². The molecule has 41 heavy (non-hydrogen) atoms. The highest BCUT2D eigenvalue weighted by Gasteiger charge is 2.36. The van der Waals surface area contributed by atoms with E-state index >= 15 is 0 Å². The molecule has 0 saturated heterocycles. The number of aromatic nitrogens is 3. The van der Waals surface area contributed by atoms with Gasteiger partial charge in [0.25, 0.3) is 5.91 Å². The van der Waals surface area contributed by atoms with Crippen LogP contribution in [0.1, 0.15) is 48.7 Å². The van der Waals surface area contributed by atoms with Crippen molar-refractivity contribution in [3.05, 3.63) is 47.8 Å². The third kappa shape index (κ3) is 5.93. The van der Waals surface area contributed by atoms with Gasteiger partial charge in [-0.3, -0.25) is 9.78 Å². The molecule has 1 fully saturated rings. The number of aliphatic imine (C=N–C) groups is 1. The van der Waals surface area contributed by atoms with Crippen LogP contribution in [-0.2, 0) is 7.05 Å². The number of ether oxygens (including phenoxy) is 1. The van der Waals surface area contributed by atoms with Gasteiger partial charge in [0, 0.05) is 43.1 Å². The van der Waals surface area contributed by atoms with Crippen molar-refractivity contribution in [2.45, 2.75) is 45.6 Å². The summed E-state index contributed by atoms with van der Waals surface area (Å²) >= 11 is 0. The maximum atomic E-state index is 13.7. The number of hydrogen-bond acceptors (Lipinski definition) is 8. The van der Waals surface area contributed by atoms with E-state index in [-0.39, 0.29) is 5.91 Å². The first-order valence-electron chi connectivity index (χ1n) is 14.6. The van der Waals surface area contributed by atoms with Crippen molar-refractivity contribution >= 4 is 28.9 Å². The van der Waals surface area contributed by atoms with Crippen LogP contribution in [0.4, 0.5) is 17.1 Å². The van der Waals surface area contributed by atoms with Gasteiger partial charge in [-0.1, -0.05) is 0 Å². The molecule has 0 unspecified atom stereocenters. The lowest BCUT2D eigenvalue weighted by molar-refractivity contribution is 0.100. The molecule has 10 heteroatoms. The zero-order valence-corrected chi connectivity index (χ0v) is 24.6. The van der Waals surface area contributed by atoms with Crippen molar-refractivity contribution in [3.63, 3.8) is 0 Å². The predicted octanol–water partition coefficient (Wildman–Crippen LogP) is 4.78. The summed E-state index contributed by atoms with van der Waals surface area (Å²) in [4.78, 5) is 27.4. The molecule has 4 heterocycles. The van der Waals surface area contributed by atoms with Gasteiger partial charge in [0.05, 0.1) is 35.4 Å². The highest BCUT2D eigenvalue weighted by molar-refractivity contribution is 6.19. The molecule has 1 aliphatic carbocycles. The summed E-state index contributed by atoms with van der Waals surface area (Å²) in [6, 6.07) is 10.3.